The zero-order chi connectivity index (χ0) is 9.31. The molecule has 3 N–H and O–H groups in total. The molecule has 76 valence electrons. The highest BCUT2D eigenvalue weighted by Crippen LogP contribution is 2.46. The molecule has 0 amide bonds. The molecule has 2 aliphatic rings. The maximum atomic E-state index is 10.2. The van der Waals surface area contributed by atoms with Crippen LogP contribution in [0.3, 0.4) is 0 Å². The Labute approximate surface area is 80.5 Å². The van der Waals surface area contributed by atoms with Crippen LogP contribution in [0.5, 0.6) is 0 Å². The number of rotatable bonds is 2. The first-order valence-electron chi connectivity index (χ1n) is 5.66. The summed E-state index contributed by atoms with van der Waals surface area (Å²) in [5, 5.41) is 10.2. The molecule has 2 nitrogen and oxygen atoms in total. The molecule has 0 aromatic carbocycles. The van der Waals surface area contributed by atoms with Crippen LogP contribution in [0.25, 0.3) is 0 Å². The Hall–Kier alpha value is -0.0800. The van der Waals surface area contributed by atoms with Crippen molar-refractivity contribution in [2.45, 2.75) is 50.5 Å². The molecule has 0 heterocycles. The molecular formula is C11H21NO. The first kappa shape index (κ1) is 9.47. The van der Waals surface area contributed by atoms with Crippen molar-refractivity contribution in [3.8, 4) is 0 Å². The number of hydrogen-bond donors (Lipinski definition) is 2. The van der Waals surface area contributed by atoms with Crippen LogP contribution >= 0.6 is 0 Å². The molecule has 2 heteroatoms. The lowest BCUT2D eigenvalue weighted by molar-refractivity contribution is -0.0330. The SMILES string of the molecule is NCCC1(O)CCC2CCCC2C1. The Kier molecular flexibility index (Phi) is 2.61. The zero-order valence-electron chi connectivity index (χ0n) is 8.34. The predicted molar refractivity (Wildman–Crippen MR) is 53.3 cm³/mol. The van der Waals surface area contributed by atoms with E-state index in [0.29, 0.717) is 6.54 Å². The summed E-state index contributed by atoms with van der Waals surface area (Å²) in [5.74, 6) is 1.74. The highest BCUT2D eigenvalue weighted by molar-refractivity contribution is 4.93. The maximum Gasteiger partial charge on any atom is 0.0662 e. The second kappa shape index (κ2) is 3.58. The molecular weight excluding hydrogens is 162 g/mol. The van der Waals surface area contributed by atoms with Crippen molar-refractivity contribution in [1.82, 2.24) is 0 Å². The molecule has 0 bridgehead atoms. The van der Waals surface area contributed by atoms with Gasteiger partial charge in [0.25, 0.3) is 0 Å². The largest absolute Gasteiger partial charge is 0.390 e. The van der Waals surface area contributed by atoms with Crippen molar-refractivity contribution in [2.75, 3.05) is 6.54 Å². The molecule has 0 aliphatic heterocycles. The first-order chi connectivity index (χ1) is 6.23. The summed E-state index contributed by atoms with van der Waals surface area (Å²) < 4.78 is 0. The van der Waals surface area contributed by atoms with Crippen molar-refractivity contribution in [3.05, 3.63) is 0 Å². The standard InChI is InChI=1S/C11H21NO/c12-7-6-11(13)5-4-9-2-1-3-10(9)8-11/h9-10,13H,1-8,12H2. The molecule has 2 saturated carbocycles. The molecule has 3 unspecified atom stereocenters. The van der Waals surface area contributed by atoms with Crippen LogP contribution < -0.4 is 5.73 Å². The first-order valence-corrected chi connectivity index (χ1v) is 5.66. The van der Waals surface area contributed by atoms with E-state index in [1.54, 1.807) is 0 Å². The van der Waals surface area contributed by atoms with E-state index >= 15 is 0 Å². The van der Waals surface area contributed by atoms with E-state index in [1.165, 1.54) is 25.7 Å². The minimum Gasteiger partial charge on any atom is -0.390 e. The highest BCUT2D eigenvalue weighted by atomic mass is 16.3. The van der Waals surface area contributed by atoms with E-state index in [9.17, 15) is 5.11 Å². The average Bonchev–Trinajstić information content (AvgIpc) is 2.50. The lowest BCUT2D eigenvalue weighted by atomic mass is 9.72. The zero-order valence-corrected chi connectivity index (χ0v) is 8.34. The van der Waals surface area contributed by atoms with Crippen molar-refractivity contribution >= 4 is 0 Å². The van der Waals surface area contributed by atoms with E-state index in [0.717, 1.165) is 31.1 Å². The minimum absolute atomic E-state index is 0.403. The normalized spacial score (nSPS) is 44.8. The molecule has 0 spiro atoms. The van der Waals surface area contributed by atoms with Gasteiger partial charge in [-0.1, -0.05) is 19.3 Å². The molecule has 2 rings (SSSR count). The molecule has 0 aromatic heterocycles. The smallest absolute Gasteiger partial charge is 0.0662 e. The molecule has 0 radical (unpaired) electrons. The third-order valence-corrected chi connectivity index (χ3v) is 4.05. The Morgan fingerprint density at radius 2 is 2.00 bits per heavy atom. The van der Waals surface area contributed by atoms with E-state index in [2.05, 4.69) is 0 Å². The van der Waals surface area contributed by atoms with Gasteiger partial charge in [-0.3, -0.25) is 0 Å². The third-order valence-electron chi connectivity index (χ3n) is 4.05. The van der Waals surface area contributed by atoms with Gasteiger partial charge in [0.05, 0.1) is 5.60 Å². The highest BCUT2D eigenvalue weighted by Gasteiger charge is 2.40. The summed E-state index contributed by atoms with van der Waals surface area (Å²) in [5.41, 5.74) is 5.12. The van der Waals surface area contributed by atoms with E-state index in [-0.39, 0.29) is 0 Å². The van der Waals surface area contributed by atoms with Crippen LogP contribution in [0, 0.1) is 11.8 Å². The number of aliphatic hydroxyl groups is 1. The van der Waals surface area contributed by atoms with Crippen LogP contribution in [-0.4, -0.2) is 17.3 Å². The van der Waals surface area contributed by atoms with Crippen LogP contribution in [0.4, 0.5) is 0 Å². The number of hydrogen-bond acceptors (Lipinski definition) is 2. The van der Waals surface area contributed by atoms with Gasteiger partial charge in [0, 0.05) is 0 Å². The van der Waals surface area contributed by atoms with Gasteiger partial charge in [0.2, 0.25) is 0 Å². The van der Waals surface area contributed by atoms with Crippen LogP contribution in [-0.2, 0) is 0 Å². The molecule has 0 aromatic rings. The molecule has 0 saturated heterocycles. The number of fused-ring (bicyclic) bond motifs is 1. The molecule has 3 atom stereocenters. The Morgan fingerprint density at radius 1 is 1.23 bits per heavy atom. The second-order valence-corrected chi connectivity index (χ2v) is 4.96. The Balaban J connectivity index is 1.95. The summed E-state index contributed by atoms with van der Waals surface area (Å²) in [6.45, 7) is 0.633. The second-order valence-electron chi connectivity index (χ2n) is 4.96. The van der Waals surface area contributed by atoms with Gasteiger partial charge in [-0.25, -0.2) is 0 Å². The molecule has 2 aliphatic carbocycles. The van der Waals surface area contributed by atoms with Crippen molar-refractivity contribution in [1.29, 1.82) is 0 Å². The van der Waals surface area contributed by atoms with E-state index in [4.69, 9.17) is 5.73 Å². The van der Waals surface area contributed by atoms with E-state index in [1.807, 2.05) is 0 Å². The molecule has 13 heavy (non-hydrogen) atoms. The summed E-state index contributed by atoms with van der Waals surface area (Å²) >= 11 is 0. The van der Waals surface area contributed by atoms with Crippen LogP contribution in [0.2, 0.25) is 0 Å². The van der Waals surface area contributed by atoms with Gasteiger partial charge in [-0.05, 0) is 44.1 Å². The average molecular weight is 183 g/mol. The van der Waals surface area contributed by atoms with Gasteiger partial charge in [0.1, 0.15) is 0 Å². The van der Waals surface area contributed by atoms with Crippen LogP contribution in [0.1, 0.15) is 44.9 Å². The fourth-order valence-electron chi connectivity index (χ4n) is 3.30. The quantitative estimate of drug-likeness (QED) is 0.684. The Bertz CT molecular complexity index is 183. The van der Waals surface area contributed by atoms with E-state index < -0.39 is 5.60 Å². The fraction of sp³-hybridized carbons (Fsp3) is 1.00. The summed E-state index contributed by atoms with van der Waals surface area (Å²) in [7, 11) is 0. The third kappa shape index (κ3) is 1.89. The summed E-state index contributed by atoms with van der Waals surface area (Å²) in [6.07, 6.45) is 8.19. The van der Waals surface area contributed by atoms with Gasteiger partial charge < -0.3 is 10.8 Å². The summed E-state index contributed by atoms with van der Waals surface area (Å²) in [6, 6.07) is 0. The Morgan fingerprint density at radius 3 is 2.77 bits per heavy atom. The lowest BCUT2D eigenvalue weighted by Gasteiger charge is -2.38. The number of nitrogens with two attached hydrogens (primary N) is 1. The van der Waals surface area contributed by atoms with Crippen molar-refractivity contribution < 1.29 is 5.11 Å². The monoisotopic (exact) mass is 183 g/mol. The molecule has 2 fully saturated rings. The summed E-state index contributed by atoms with van der Waals surface area (Å²) in [4.78, 5) is 0. The minimum atomic E-state index is -0.403. The van der Waals surface area contributed by atoms with Gasteiger partial charge in [-0.2, -0.15) is 0 Å². The fourth-order valence-corrected chi connectivity index (χ4v) is 3.30. The topological polar surface area (TPSA) is 46.2 Å². The van der Waals surface area contributed by atoms with Crippen LogP contribution in [0.15, 0.2) is 0 Å². The van der Waals surface area contributed by atoms with Gasteiger partial charge in [0.15, 0.2) is 0 Å². The maximum absolute atomic E-state index is 10.2. The van der Waals surface area contributed by atoms with Crippen molar-refractivity contribution in [2.24, 2.45) is 17.6 Å². The predicted octanol–water partition coefficient (Wildman–Crippen LogP) is 1.67. The van der Waals surface area contributed by atoms with Gasteiger partial charge in [-0.15, -0.1) is 0 Å². The van der Waals surface area contributed by atoms with Gasteiger partial charge >= 0.3 is 0 Å². The lowest BCUT2D eigenvalue weighted by Crippen LogP contribution is -2.39. The van der Waals surface area contributed by atoms with Crippen molar-refractivity contribution in [3.63, 3.8) is 0 Å².